The predicted octanol–water partition coefficient (Wildman–Crippen LogP) is 3.85. The zero-order chi connectivity index (χ0) is 12.3. The molecule has 0 amide bonds. The summed E-state index contributed by atoms with van der Waals surface area (Å²) in [5.74, 6) is -0.307. The van der Waals surface area contributed by atoms with Gasteiger partial charge in [0.25, 0.3) is 0 Å². The molecule has 0 bridgehead atoms. The van der Waals surface area contributed by atoms with Crippen molar-refractivity contribution >= 4 is 17.3 Å². The molecule has 1 fully saturated rings. The molecule has 94 valence electrons. The van der Waals surface area contributed by atoms with Crippen molar-refractivity contribution in [2.75, 3.05) is 12.4 Å². The standard InChI is InChI=1S/C13H17ClFNO/c1-17-13-5-3-2-4-12(13)16-11-7-6-9(14)8-10(11)15/h6-8,12-13,16H,2-5H2,1H3. The smallest absolute Gasteiger partial charge is 0.147 e. The number of nitrogens with one attached hydrogen (secondary N) is 1. The van der Waals surface area contributed by atoms with Gasteiger partial charge in [0, 0.05) is 12.1 Å². The Kier molecular flexibility index (Phi) is 4.24. The van der Waals surface area contributed by atoms with Crippen LogP contribution in [0.3, 0.4) is 0 Å². The Morgan fingerprint density at radius 3 is 2.82 bits per heavy atom. The van der Waals surface area contributed by atoms with Crippen molar-refractivity contribution in [3.63, 3.8) is 0 Å². The summed E-state index contributed by atoms with van der Waals surface area (Å²) in [5, 5.41) is 3.64. The van der Waals surface area contributed by atoms with Crippen molar-refractivity contribution in [2.45, 2.75) is 37.8 Å². The molecule has 1 saturated carbocycles. The number of hydrogen-bond acceptors (Lipinski definition) is 2. The lowest BCUT2D eigenvalue weighted by Crippen LogP contribution is -2.37. The maximum absolute atomic E-state index is 13.6. The third-order valence-electron chi connectivity index (χ3n) is 3.28. The Morgan fingerprint density at radius 2 is 2.12 bits per heavy atom. The van der Waals surface area contributed by atoms with Crippen LogP contribution in [0.1, 0.15) is 25.7 Å². The number of halogens is 2. The summed E-state index contributed by atoms with van der Waals surface area (Å²) in [6.45, 7) is 0. The van der Waals surface area contributed by atoms with Crippen molar-refractivity contribution in [3.8, 4) is 0 Å². The van der Waals surface area contributed by atoms with Crippen molar-refractivity contribution in [2.24, 2.45) is 0 Å². The van der Waals surface area contributed by atoms with E-state index in [-0.39, 0.29) is 18.0 Å². The Bertz CT molecular complexity index is 386. The van der Waals surface area contributed by atoms with E-state index in [1.165, 1.54) is 12.5 Å². The second kappa shape index (κ2) is 5.69. The lowest BCUT2D eigenvalue weighted by atomic mass is 9.92. The zero-order valence-electron chi connectivity index (χ0n) is 9.88. The summed E-state index contributed by atoms with van der Waals surface area (Å²) in [7, 11) is 1.71. The summed E-state index contributed by atoms with van der Waals surface area (Å²) in [6.07, 6.45) is 4.55. The van der Waals surface area contributed by atoms with Gasteiger partial charge >= 0.3 is 0 Å². The fourth-order valence-corrected chi connectivity index (χ4v) is 2.51. The number of anilines is 1. The van der Waals surface area contributed by atoms with Crippen LogP contribution in [0.15, 0.2) is 18.2 Å². The molecule has 1 N–H and O–H groups in total. The van der Waals surface area contributed by atoms with E-state index in [4.69, 9.17) is 16.3 Å². The van der Waals surface area contributed by atoms with Crippen LogP contribution >= 0.6 is 11.6 Å². The largest absolute Gasteiger partial charge is 0.379 e. The summed E-state index contributed by atoms with van der Waals surface area (Å²) in [5.41, 5.74) is 0.503. The molecule has 0 saturated heterocycles. The number of ether oxygens (including phenoxy) is 1. The highest BCUT2D eigenvalue weighted by molar-refractivity contribution is 6.30. The normalized spacial score (nSPS) is 24.6. The zero-order valence-corrected chi connectivity index (χ0v) is 10.6. The summed E-state index contributed by atoms with van der Waals surface area (Å²) in [4.78, 5) is 0. The fraction of sp³-hybridized carbons (Fsp3) is 0.538. The molecule has 2 nitrogen and oxygen atoms in total. The molecule has 4 heteroatoms. The molecule has 0 aromatic heterocycles. The molecule has 0 spiro atoms. The molecule has 0 heterocycles. The van der Waals surface area contributed by atoms with Gasteiger partial charge in [-0.15, -0.1) is 0 Å². The SMILES string of the molecule is COC1CCCCC1Nc1ccc(Cl)cc1F. The van der Waals surface area contributed by atoms with Crippen LogP contribution in [0.2, 0.25) is 5.02 Å². The molecular formula is C13H17ClFNO. The highest BCUT2D eigenvalue weighted by Gasteiger charge is 2.25. The van der Waals surface area contributed by atoms with Crippen LogP contribution in [0.25, 0.3) is 0 Å². The molecule has 0 radical (unpaired) electrons. The predicted molar refractivity (Wildman–Crippen MR) is 68.1 cm³/mol. The summed E-state index contributed by atoms with van der Waals surface area (Å²) in [6, 6.07) is 4.88. The van der Waals surface area contributed by atoms with Crippen LogP contribution in [0.4, 0.5) is 10.1 Å². The third-order valence-corrected chi connectivity index (χ3v) is 3.51. The van der Waals surface area contributed by atoms with E-state index in [1.807, 2.05) is 0 Å². The average Bonchev–Trinajstić information content (AvgIpc) is 2.33. The second-order valence-electron chi connectivity index (χ2n) is 4.43. The monoisotopic (exact) mass is 257 g/mol. The highest BCUT2D eigenvalue weighted by Crippen LogP contribution is 2.26. The van der Waals surface area contributed by atoms with Crippen LogP contribution in [0, 0.1) is 5.82 Å². The quantitative estimate of drug-likeness (QED) is 0.888. The molecule has 1 aliphatic rings. The highest BCUT2D eigenvalue weighted by atomic mass is 35.5. The van der Waals surface area contributed by atoms with Crippen LogP contribution in [-0.2, 0) is 4.74 Å². The molecule has 2 atom stereocenters. The first-order valence-electron chi connectivity index (χ1n) is 5.95. The minimum atomic E-state index is -0.307. The van der Waals surface area contributed by atoms with Crippen LogP contribution < -0.4 is 5.32 Å². The van der Waals surface area contributed by atoms with E-state index in [0.29, 0.717) is 10.7 Å². The lowest BCUT2D eigenvalue weighted by Gasteiger charge is -2.31. The van der Waals surface area contributed by atoms with Gasteiger partial charge in [-0.2, -0.15) is 0 Å². The van der Waals surface area contributed by atoms with Gasteiger partial charge in [0.15, 0.2) is 0 Å². The minimum absolute atomic E-state index is 0.166. The van der Waals surface area contributed by atoms with Crippen LogP contribution in [0.5, 0.6) is 0 Å². The average molecular weight is 258 g/mol. The number of rotatable bonds is 3. The lowest BCUT2D eigenvalue weighted by molar-refractivity contribution is 0.0605. The number of hydrogen-bond donors (Lipinski definition) is 1. The molecule has 1 aliphatic carbocycles. The van der Waals surface area contributed by atoms with Gasteiger partial charge in [0.2, 0.25) is 0 Å². The Balaban J connectivity index is 2.08. The molecule has 0 aliphatic heterocycles. The van der Waals surface area contributed by atoms with Crippen molar-refractivity contribution in [1.82, 2.24) is 0 Å². The first-order chi connectivity index (χ1) is 8.20. The molecule has 2 unspecified atom stereocenters. The van der Waals surface area contributed by atoms with E-state index in [2.05, 4.69) is 5.32 Å². The number of methoxy groups -OCH3 is 1. The van der Waals surface area contributed by atoms with Crippen molar-refractivity contribution in [1.29, 1.82) is 0 Å². The third kappa shape index (κ3) is 3.11. The van der Waals surface area contributed by atoms with Gasteiger partial charge in [-0.3, -0.25) is 0 Å². The van der Waals surface area contributed by atoms with E-state index in [9.17, 15) is 4.39 Å². The molecular weight excluding hydrogens is 241 g/mol. The maximum atomic E-state index is 13.6. The fourth-order valence-electron chi connectivity index (χ4n) is 2.35. The Hall–Kier alpha value is -0.800. The van der Waals surface area contributed by atoms with Gasteiger partial charge in [0.05, 0.1) is 17.8 Å². The van der Waals surface area contributed by atoms with E-state index in [1.54, 1.807) is 19.2 Å². The Labute approximate surface area is 106 Å². The van der Waals surface area contributed by atoms with E-state index < -0.39 is 0 Å². The first-order valence-corrected chi connectivity index (χ1v) is 6.33. The number of benzene rings is 1. The van der Waals surface area contributed by atoms with Gasteiger partial charge in [0.1, 0.15) is 5.82 Å². The van der Waals surface area contributed by atoms with E-state index >= 15 is 0 Å². The van der Waals surface area contributed by atoms with Crippen molar-refractivity contribution < 1.29 is 9.13 Å². The molecule has 1 aromatic carbocycles. The van der Waals surface area contributed by atoms with Gasteiger partial charge in [-0.25, -0.2) is 4.39 Å². The van der Waals surface area contributed by atoms with Gasteiger partial charge in [-0.05, 0) is 31.0 Å². The minimum Gasteiger partial charge on any atom is -0.379 e. The van der Waals surface area contributed by atoms with Gasteiger partial charge < -0.3 is 10.1 Å². The molecule has 1 aromatic rings. The van der Waals surface area contributed by atoms with E-state index in [0.717, 1.165) is 19.3 Å². The van der Waals surface area contributed by atoms with Gasteiger partial charge in [-0.1, -0.05) is 24.4 Å². The molecule has 2 rings (SSSR count). The summed E-state index contributed by atoms with van der Waals surface area (Å²) >= 11 is 5.72. The second-order valence-corrected chi connectivity index (χ2v) is 4.87. The van der Waals surface area contributed by atoms with Crippen molar-refractivity contribution in [3.05, 3.63) is 29.0 Å². The topological polar surface area (TPSA) is 21.3 Å². The maximum Gasteiger partial charge on any atom is 0.147 e. The van der Waals surface area contributed by atoms with Crippen LogP contribution in [-0.4, -0.2) is 19.3 Å². The first kappa shape index (κ1) is 12.7. The molecule has 17 heavy (non-hydrogen) atoms. The summed E-state index contributed by atoms with van der Waals surface area (Å²) < 4.78 is 19.1. The Morgan fingerprint density at radius 1 is 1.35 bits per heavy atom.